The molecule has 0 aromatic rings. The van der Waals surface area contributed by atoms with Crippen LogP contribution in [0.2, 0.25) is 0 Å². The van der Waals surface area contributed by atoms with Crippen LogP contribution in [0.3, 0.4) is 0 Å². The van der Waals surface area contributed by atoms with Crippen LogP contribution in [-0.4, -0.2) is 22.8 Å². The van der Waals surface area contributed by atoms with E-state index in [1.807, 2.05) is 0 Å². The number of hydrogen-bond donors (Lipinski definition) is 2. The van der Waals surface area contributed by atoms with Crippen molar-refractivity contribution in [1.29, 1.82) is 0 Å². The number of aliphatic hydroxyl groups is 1. The molecule has 2 N–H and O–H groups in total. The summed E-state index contributed by atoms with van der Waals surface area (Å²) in [4.78, 5) is 9.00. The molecule has 0 radical (unpaired) electrons. The maximum Gasteiger partial charge on any atom is 0.300 e. The Kier molecular flexibility index (Phi) is 22.1. The lowest BCUT2D eigenvalue weighted by Gasteiger charge is -1.94. The van der Waals surface area contributed by atoms with Crippen LogP contribution in [-0.2, 0) is 4.79 Å². The van der Waals surface area contributed by atoms with Crippen molar-refractivity contribution in [2.24, 2.45) is 0 Å². The molecule has 3 nitrogen and oxygen atoms in total. The molecule has 0 saturated carbocycles. The van der Waals surface area contributed by atoms with Gasteiger partial charge in [-0.2, -0.15) is 0 Å². The van der Waals surface area contributed by atoms with E-state index in [0.29, 0.717) is 6.61 Å². The number of allylic oxidation sites excluding steroid dienone is 2. The van der Waals surface area contributed by atoms with Crippen LogP contribution in [0.1, 0.15) is 78.1 Å². The minimum Gasteiger partial charge on any atom is -0.481 e. The van der Waals surface area contributed by atoms with E-state index in [0.717, 1.165) is 39.0 Å². The van der Waals surface area contributed by atoms with Crippen molar-refractivity contribution in [2.75, 3.05) is 6.61 Å². The van der Waals surface area contributed by atoms with Crippen LogP contribution in [0, 0.1) is 11.8 Å². The number of aliphatic hydroxyl groups excluding tert-OH is 1. The van der Waals surface area contributed by atoms with Crippen molar-refractivity contribution in [1.82, 2.24) is 0 Å². The molecule has 0 heterocycles. The average Bonchev–Trinajstić information content (AvgIpc) is 2.43. The van der Waals surface area contributed by atoms with Gasteiger partial charge in [-0.05, 0) is 25.7 Å². The summed E-state index contributed by atoms with van der Waals surface area (Å²) < 4.78 is 0. The highest BCUT2D eigenvalue weighted by Gasteiger charge is 1.86. The fourth-order valence-corrected chi connectivity index (χ4v) is 1.57. The van der Waals surface area contributed by atoms with Crippen LogP contribution in [0.15, 0.2) is 12.2 Å². The van der Waals surface area contributed by atoms with Crippen molar-refractivity contribution in [3.8, 4) is 11.8 Å². The van der Waals surface area contributed by atoms with Crippen LogP contribution >= 0.6 is 0 Å². The van der Waals surface area contributed by atoms with Crippen LogP contribution < -0.4 is 0 Å². The van der Waals surface area contributed by atoms with Crippen LogP contribution in [0.25, 0.3) is 0 Å². The SMILES string of the molecule is CC(=O)O.CCCCC=CCCC#CCCCCCCO. The van der Waals surface area contributed by atoms with Gasteiger partial charge in [0.25, 0.3) is 5.97 Å². The maximum absolute atomic E-state index is 9.00. The van der Waals surface area contributed by atoms with Gasteiger partial charge in [0, 0.05) is 26.4 Å². The predicted octanol–water partition coefficient (Wildman–Crippen LogP) is 4.55. The Morgan fingerprint density at radius 3 is 2.14 bits per heavy atom. The van der Waals surface area contributed by atoms with E-state index in [1.54, 1.807) is 0 Å². The summed E-state index contributed by atoms with van der Waals surface area (Å²) in [6.07, 6.45) is 15.9. The first-order valence-corrected chi connectivity index (χ1v) is 8.06. The smallest absolute Gasteiger partial charge is 0.300 e. The second-order valence-corrected chi connectivity index (χ2v) is 4.91. The number of carbonyl (C=O) groups is 1. The largest absolute Gasteiger partial charge is 0.481 e. The fraction of sp³-hybridized carbons (Fsp3) is 0.722. The summed E-state index contributed by atoms with van der Waals surface area (Å²) in [5, 5.41) is 16.0. The van der Waals surface area contributed by atoms with Crippen molar-refractivity contribution >= 4 is 5.97 Å². The molecule has 0 aromatic carbocycles. The van der Waals surface area contributed by atoms with Gasteiger partial charge in [-0.15, -0.1) is 11.8 Å². The molecule has 0 bridgehead atoms. The zero-order valence-corrected chi connectivity index (χ0v) is 13.7. The van der Waals surface area contributed by atoms with Crippen LogP contribution in [0.5, 0.6) is 0 Å². The van der Waals surface area contributed by atoms with E-state index in [4.69, 9.17) is 15.0 Å². The molecule has 0 aliphatic heterocycles. The third kappa shape index (κ3) is 32.3. The predicted molar refractivity (Wildman–Crippen MR) is 89.2 cm³/mol. The lowest BCUT2D eigenvalue weighted by atomic mass is 10.1. The second kappa shape index (κ2) is 21.0. The summed E-state index contributed by atoms with van der Waals surface area (Å²) in [5.74, 6) is 5.60. The summed E-state index contributed by atoms with van der Waals surface area (Å²) in [5.41, 5.74) is 0. The number of unbranched alkanes of at least 4 members (excludes halogenated alkanes) is 7. The molecule has 21 heavy (non-hydrogen) atoms. The molecule has 3 heteroatoms. The number of hydrogen-bond acceptors (Lipinski definition) is 2. The quantitative estimate of drug-likeness (QED) is 0.353. The summed E-state index contributed by atoms with van der Waals surface area (Å²) in [7, 11) is 0. The van der Waals surface area contributed by atoms with E-state index in [2.05, 4.69) is 30.9 Å². The average molecular weight is 296 g/mol. The molecule has 122 valence electrons. The third-order valence-electron chi connectivity index (χ3n) is 2.66. The maximum atomic E-state index is 9.00. The molecule has 0 atom stereocenters. The molecule has 0 fully saturated rings. The van der Waals surface area contributed by atoms with Gasteiger partial charge in [-0.25, -0.2) is 0 Å². The zero-order chi connectivity index (χ0) is 16.2. The van der Waals surface area contributed by atoms with E-state index in [9.17, 15) is 0 Å². The monoisotopic (exact) mass is 296 g/mol. The van der Waals surface area contributed by atoms with Crippen molar-refractivity contribution in [3.05, 3.63) is 12.2 Å². The van der Waals surface area contributed by atoms with Gasteiger partial charge < -0.3 is 10.2 Å². The Morgan fingerprint density at radius 1 is 0.952 bits per heavy atom. The fourth-order valence-electron chi connectivity index (χ4n) is 1.57. The molecule has 0 spiro atoms. The summed E-state index contributed by atoms with van der Waals surface area (Å²) in [6.45, 7) is 3.63. The summed E-state index contributed by atoms with van der Waals surface area (Å²) in [6, 6.07) is 0. The van der Waals surface area contributed by atoms with E-state index < -0.39 is 5.97 Å². The molecule has 0 aromatic heterocycles. The van der Waals surface area contributed by atoms with Gasteiger partial charge in [-0.3, -0.25) is 4.79 Å². The molecular formula is C18H32O3. The topological polar surface area (TPSA) is 57.5 Å². The van der Waals surface area contributed by atoms with Gasteiger partial charge >= 0.3 is 0 Å². The van der Waals surface area contributed by atoms with Gasteiger partial charge in [0.1, 0.15) is 0 Å². The lowest BCUT2D eigenvalue weighted by molar-refractivity contribution is -0.134. The molecule has 0 saturated heterocycles. The summed E-state index contributed by atoms with van der Waals surface area (Å²) >= 11 is 0. The Labute approximate surface area is 130 Å². The van der Waals surface area contributed by atoms with E-state index >= 15 is 0 Å². The van der Waals surface area contributed by atoms with Gasteiger partial charge in [-0.1, -0.05) is 44.8 Å². The minimum absolute atomic E-state index is 0.329. The van der Waals surface area contributed by atoms with Crippen molar-refractivity contribution < 1.29 is 15.0 Å². The van der Waals surface area contributed by atoms with Gasteiger partial charge in [0.05, 0.1) is 0 Å². The highest BCUT2D eigenvalue weighted by molar-refractivity contribution is 5.62. The highest BCUT2D eigenvalue weighted by atomic mass is 16.4. The Hall–Kier alpha value is -1.27. The molecule has 0 rings (SSSR count). The van der Waals surface area contributed by atoms with Crippen molar-refractivity contribution in [3.63, 3.8) is 0 Å². The second-order valence-electron chi connectivity index (χ2n) is 4.91. The first kappa shape index (κ1) is 22.0. The van der Waals surface area contributed by atoms with E-state index in [1.165, 1.54) is 32.1 Å². The van der Waals surface area contributed by atoms with Crippen molar-refractivity contribution in [2.45, 2.75) is 78.1 Å². The van der Waals surface area contributed by atoms with Gasteiger partial charge in [0.2, 0.25) is 0 Å². The molecule has 0 unspecified atom stereocenters. The number of aliphatic carboxylic acids is 1. The first-order chi connectivity index (χ1) is 10.1. The zero-order valence-electron chi connectivity index (χ0n) is 13.7. The number of rotatable bonds is 10. The molecule has 0 aliphatic rings. The normalized spacial score (nSPS) is 9.67. The Balaban J connectivity index is 0. The molecule has 0 aliphatic carbocycles. The number of carboxylic acid groups (broad SMARTS) is 1. The Bertz CT molecular complexity index is 293. The van der Waals surface area contributed by atoms with Gasteiger partial charge in [0.15, 0.2) is 0 Å². The van der Waals surface area contributed by atoms with E-state index in [-0.39, 0.29) is 0 Å². The lowest BCUT2D eigenvalue weighted by Crippen LogP contribution is -1.82. The molecule has 0 amide bonds. The minimum atomic E-state index is -0.833. The highest BCUT2D eigenvalue weighted by Crippen LogP contribution is 2.01. The Morgan fingerprint density at radius 2 is 1.52 bits per heavy atom. The standard InChI is InChI=1S/C16H28O.C2H4O2/c1-2-3-4-5-6-7-8-9-10-11-12-13-14-15-16-17;1-2(3)4/h5-6,17H,2-4,7-8,11-16H2,1H3;1H3,(H,3,4). The third-order valence-corrected chi connectivity index (χ3v) is 2.66. The molecular weight excluding hydrogens is 264 g/mol. The number of carboxylic acids is 1. The first-order valence-electron chi connectivity index (χ1n) is 8.06. The van der Waals surface area contributed by atoms with Crippen LogP contribution in [0.4, 0.5) is 0 Å².